The second kappa shape index (κ2) is 9.25. The molecule has 1 aromatic carbocycles. The summed E-state index contributed by atoms with van der Waals surface area (Å²) >= 11 is 2.01. The van der Waals surface area contributed by atoms with Gasteiger partial charge in [0, 0.05) is 6.07 Å². The maximum absolute atomic E-state index is 14.0. The van der Waals surface area contributed by atoms with Gasteiger partial charge >= 0.3 is 5.97 Å². The minimum absolute atomic E-state index is 0.00474. The molecule has 2 aromatic rings. The Hall–Kier alpha value is -2.32. The van der Waals surface area contributed by atoms with Gasteiger partial charge in [0.25, 0.3) is 0 Å². The van der Waals surface area contributed by atoms with Gasteiger partial charge in [-0.15, -0.1) is 10.2 Å². The highest BCUT2D eigenvalue weighted by molar-refractivity contribution is 8.01. The number of hydrogen-bond donors (Lipinski definition) is 1. The van der Waals surface area contributed by atoms with Gasteiger partial charge in [-0.1, -0.05) is 23.1 Å². The lowest BCUT2D eigenvalue weighted by molar-refractivity contribution is -0.137. The molecule has 0 aliphatic carbocycles. The van der Waals surface area contributed by atoms with Gasteiger partial charge in [-0.05, 0) is 12.1 Å². The molecule has 0 saturated carbocycles. The lowest BCUT2D eigenvalue weighted by Crippen LogP contribution is -2.38. The van der Waals surface area contributed by atoms with Crippen LogP contribution in [0.25, 0.3) is 0 Å². The van der Waals surface area contributed by atoms with E-state index in [-0.39, 0.29) is 10.9 Å². The van der Waals surface area contributed by atoms with Crippen LogP contribution < -0.4 is 9.62 Å². The molecule has 1 heterocycles. The van der Waals surface area contributed by atoms with E-state index in [9.17, 15) is 26.8 Å². The number of esters is 1. The van der Waals surface area contributed by atoms with Crippen LogP contribution in [0.3, 0.4) is 0 Å². The minimum Gasteiger partial charge on any atom is -0.468 e. The summed E-state index contributed by atoms with van der Waals surface area (Å²) in [5, 5.41) is 9.87. The van der Waals surface area contributed by atoms with Crippen LogP contribution >= 0.6 is 23.1 Å². The van der Waals surface area contributed by atoms with Crippen LogP contribution in [-0.2, 0) is 24.3 Å². The molecule has 0 fully saturated rings. The van der Waals surface area contributed by atoms with Crippen LogP contribution in [0, 0.1) is 11.6 Å². The fourth-order valence-corrected chi connectivity index (χ4v) is 4.31. The predicted octanol–water partition coefficient (Wildman–Crippen LogP) is 1.49. The summed E-state index contributed by atoms with van der Waals surface area (Å²) < 4.78 is 56.3. The number of thioether (sulfide) groups is 1. The molecular weight excluding hydrogens is 438 g/mol. The van der Waals surface area contributed by atoms with E-state index in [0.717, 1.165) is 41.5 Å². The second-order valence-corrected chi connectivity index (χ2v) is 9.26. The number of halogens is 2. The minimum atomic E-state index is -4.03. The fraction of sp³-hybridized carbons (Fsp3) is 0.286. The monoisotopic (exact) mass is 452 g/mol. The average Bonchev–Trinajstić information content (AvgIpc) is 3.04. The SMILES string of the molecule is COC(=O)CSc1nnc(NC(=O)CN(c2ccc(F)cc2F)S(C)(=O)=O)s1. The topological polar surface area (TPSA) is 119 Å². The summed E-state index contributed by atoms with van der Waals surface area (Å²) in [5.41, 5.74) is -0.467. The summed E-state index contributed by atoms with van der Waals surface area (Å²) in [4.78, 5) is 23.3. The molecule has 1 N–H and O–H groups in total. The number of rotatable bonds is 8. The van der Waals surface area contributed by atoms with E-state index in [4.69, 9.17) is 0 Å². The molecule has 0 unspecified atom stereocenters. The number of carbonyl (C=O) groups excluding carboxylic acids is 2. The summed E-state index contributed by atoms with van der Waals surface area (Å²) in [5.74, 6) is -3.28. The molecule has 2 rings (SSSR count). The Morgan fingerprint density at radius 3 is 2.64 bits per heavy atom. The highest BCUT2D eigenvalue weighted by Gasteiger charge is 2.24. The Kier molecular flexibility index (Phi) is 7.26. The lowest BCUT2D eigenvalue weighted by Gasteiger charge is -2.22. The van der Waals surface area contributed by atoms with Crippen LogP contribution in [0.5, 0.6) is 0 Å². The zero-order valence-electron chi connectivity index (χ0n) is 14.5. The number of aromatic nitrogens is 2. The number of carbonyl (C=O) groups is 2. The second-order valence-electron chi connectivity index (χ2n) is 5.15. The van der Waals surface area contributed by atoms with E-state index in [1.807, 2.05) is 0 Å². The first-order valence-corrected chi connectivity index (χ1v) is 11.0. The van der Waals surface area contributed by atoms with Crippen LogP contribution in [-0.4, -0.2) is 56.2 Å². The van der Waals surface area contributed by atoms with Crippen LogP contribution in [0.15, 0.2) is 22.5 Å². The summed E-state index contributed by atoms with van der Waals surface area (Å²) in [6, 6.07) is 2.32. The first-order valence-electron chi connectivity index (χ1n) is 7.36. The third kappa shape index (κ3) is 6.10. The molecule has 0 aliphatic heterocycles. The molecule has 28 heavy (non-hydrogen) atoms. The van der Waals surface area contributed by atoms with Gasteiger partial charge < -0.3 is 4.74 Å². The van der Waals surface area contributed by atoms with Crippen LogP contribution in [0.1, 0.15) is 0 Å². The Morgan fingerprint density at radius 1 is 1.32 bits per heavy atom. The average molecular weight is 452 g/mol. The number of ether oxygens (including phenoxy) is 1. The van der Waals surface area contributed by atoms with Crippen molar-refractivity contribution in [2.24, 2.45) is 0 Å². The van der Waals surface area contributed by atoms with E-state index in [1.165, 1.54) is 7.11 Å². The first-order chi connectivity index (χ1) is 13.1. The first kappa shape index (κ1) is 22.0. The van der Waals surface area contributed by atoms with Crippen molar-refractivity contribution in [3.05, 3.63) is 29.8 Å². The predicted molar refractivity (Wildman–Crippen MR) is 99.8 cm³/mol. The zero-order chi connectivity index (χ0) is 20.9. The maximum Gasteiger partial charge on any atom is 0.316 e. The largest absolute Gasteiger partial charge is 0.468 e. The van der Waals surface area contributed by atoms with Crippen molar-refractivity contribution in [2.75, 3.05) is 35.3 Å². The van der Waals surface area contributed by atoms with Gasteiger partial charge in [0.2, 0.25) is 21.1 Å². The summed E-state index contributed by atoms with van der Waals surface area (Å²) in [6.45, 7) is -0.758. The lowest BCUT2D eigenvalue weighted by atomic mass is 10.3. The van der Waals surface area contributed by atoms with Gasteiger partial charge in [0.05, 0.1) is 24.8 Å². The Balaban J connectivity index is 2.08. The third-order valence-corrected chi connectivity index (χ3v) is 6.13. The molecule has 0 bridgehead atoms. The standard InChI is InChI=1S/C14H14F2N4O5S3/c1-25-12(22)7-26-14-19-18-13(27-14)17-11(21)6-20(28(2,23)24)10-4-3-8(15)5-9(10)16/h3-5H,6-7H2,1-2H3,(H,17,18,21). The van der Waals surface area contributed by atoms with Crippen molar-refractivity contribution in [1.82, 2.24) is 10.2 Å². The zero-order valence-corrected chi connectivity index (χ0v) is 17.0. The number of amides is 1. The van der Waals surface area contributed by atoms with Crippen molar-refractivity contribution >= 4 is 55.8 Å². The van der Waals surface area contributed by atoms with E-state index in [0.29, 0.717) is 14.7 Å². The molecule has 1 amide bonds. The van der Waals surface area contributed by atoms with Crippen molar-refractivity contribution in [3.8, 4) is 0 Å². The van der Waals surface area contributed by atoms with Crippen LogP contribution in [0.4, 0.5) is 19.6 Å². The molecule has 0 saturated heterocycles. The van der Waals surface area contributed by atoms with E-state index >= 15 is 0 Å². The Labute approximate surface area is 167 Å². The van der Waals surface area contributed by atoms with Crippen molar-refractivity contribution in [1.29, 1.82) is 0 Å². The molecule has 14 heteroatoms. The Bertz CT molecular complexity index is 983. The third-order valence-electron chi connectivity index (χ3n) is 3.06. The van der Waals surface area contributed by atoms with Gasteiger partial charge in [-0.2, -0.15) is 0 Å². The quantitative estimate of drug-likeness (QED) is 0.364. The highest BCUT2D eigenvalue weighted by atomic mass is 32.2. The van der Waals surface area contributed by atoms with Gasteiger partial charge in [0.15, 0.2) is 4.34 Å². The molecule has 0 spiro atoms. The molecular formula is C14H14F2N4O5S3. The fourth-order valence-electron chi connectivity index (χ4n) is 1.85. The molecule has 0 aliphatic rings. The molecule has 1 aromatic heterocycles. The number of benzene rings is 1. The van der Waals surface area contributed by atoms with Gasteiger partial charge in [-0.25, -0.2) is 17.2 Å². The van der Waals surface area contributed by atoms with E-state index < -0.39 is 45.8 Å². The van der Waals surface area contributed by atoms with Gasteiger partial charge in [-0.3, -0.25) is 19.2 Å². The number of nitrogens with zero attached hydrogens (tertiary/aromatic N) is 3. The van der Waals surface area contributed by atoms with E-state index in [2.05, 4.69) is 20.3 Å². The van der Waals surface area contributed by atoms with Crippen molar-refractivity contribution in [2.45, 2.75) is 4.34 Å². The molecule has 0 atom stereocenters. The van der Waals surface area contributed by atoms with Gasteiger partial charge in [0.1, 0.15) is 18.2 Å². The smallest absolute Gasteiger partial charge is 0.316 e. The number of methoxy groups -OCH3 is 1. The molecule has 9 nitrogen and oxygen atoms in total. The van der Waals surface area contributed by atoms with Crippen molar-refractivity contribution in [3.63, 3.8) is 0 Å². The molecule has 152 valence electrons. The normalized spacial score (nSPS) is 11.1. The van der Waals surface area contributed by atoms with Crippen molar-refractivity contribution < 1.29 is 31.5 Å². The summed E-state index contributed by atoms with van der Waals surface area (Å²) in [6.07, 6.45) is 0.787. The Morgan fingerprint density at radius 2 is 2.04 bits per heavy atom. The number of sulfonamides is 1. The molecule has 0 radical (unpaired) electrons. The highest BCUT2D eigenvalue weighted by Crippen LogP contribution is 2.26. The maximum atomic E-state index is 14.0. The van der Waals surface area contributed by atoms with Crippen LogP contribution in [0.2, 0.25) is 0 Å². The summed E-state index contributed by atoms with van der Waals surface area (Å²) in [7, 11) is -2.79. The number of nitrogens with one attached hydrogen (secondary N) is 1. The number of anilines is 2. The number of hydrogen-bond acceptors (Lipinski definition) is 9. The van der Waals surface area contributed by atoms with E-state index in [1.54, 1.807) is 0 Å².